The largest absolute Gasteiger partial charge is 0.324 e. The fourth-order valence-corrected chi connectivity index (χ4v) is 2.38. The minimum absolute atomic E-state index is 0.0527. The lowest BCUT2D eigenvalue weighted by molar-refractivity contribution is -0.117. The third-order valence-corrected chi connectivity index (χ3v) is 3.17. The molecule has 2 nitrogen and oxygen atoms in total. The molecule has 2 N–H and O–H groups in total. The molecule has 1 fully saturated rings. The smallest absolute Gasteiger partial charge is 0.133 e. The Balaban J connectivity index is 2.31. The third-order valence-electron chi connectivity index (χ3n) is 3.17. The Morgan fingerprint density at radius 1 is 1.40 bits per heavy atom. The molecule has 1 aliphatic rings. The van der Waals surface area contributed by atoms with Crippen LogP contribution in [0.2, 0.25) is 0 Å². The highest BCUT2D eigenvalue weighted by atomic mass is 16.1. The third kappa shape index (κ3) is 2.10. The van der Waals surface area contributed by atoms with E-state index in [4.69, 9.17) is 5.73 Å². The molecule has 1 aromatic carbocycles. The van der Waals surface area contributed by atoms with Gasteiger partial charge in [0.1, 0.15) is 5.78 Å². The monoisotopic (exact) mass is 203 g/mol. The first kappa shape index (κ1) is 10.4. The van der Waals surface area contributed by atoms with E-state index in [-0.39, 0.29) is 6.04 Å². The van der Waals surface area contributed by atoms with Crippen LogP contribution in [0, 0.1) is 0 Å². The summed E-state index contributed by atoms with van der Waals surface area (Å²) in [6.07, 6.45) is 2.42. The molecule has 1 aromatic rings. The van der Waals surface area contributed by atoms with Gasteiger partial charge in [0.2, 0.25) is 0 Å². The molecule has 2 unspecified atom stereocenters. The average molecular weight is 203 g/mol. The van der Waals surface area contributed by atoms with E-state index in [2.05, 4.69) is 12.1 Å². The molecule has 2 heteroatoms. The maximum atomic E-state index is 11.3. The molecule has 0 spiro atoms. The van der Waals surface area contributed by atoms with Crippen LogP contribution >= 0.6 is 0 Å². The van der Waals surface area contributed by atoms with Gasteiger partial charge in [0.05, 0.1) is 0 Å². The van der Waals surface area contributed by atoms with Crippen LogP contribution in [-0.2, 0) is 4.79 Å². The fourth-order valence-electron chi connectivity index (χ4n) is 2.38. The Morgan fingerprint density at radius 2 is 2.13 bits per heavy atom. The van der Waals surface area contributed by atoms with Crippen LogP contribution in [0.1, 0.15) is 49.3 Å². The van der Waals surface area contributed by atoms with Gasteiger partial charge >= 0.3 is 0 Å². The lowest BCUT2D eigenvalue weighted by Crippen LogP contribution is -2.10. The van der Waals surface area contributed by atoms with Crippen molar-refractivity contribution < 1.29 is 4.79 Å². The number of carbonyl (C=O) groups excluding carboxylic acids is 1. The highest BCUT2D eigenvalue weighted by Crippen LogP contribution is 2.35. The summed E-state index contributed by atoms with van der Waals surface area (Å²) in [6.45, 7) is 2.00. The molecule has 80 valence electrons. The van der Waals surface area contributed by atoms with Crippen molar-refractivity contribution in [1.82, 2.24) is 0 Å². The highest BCUT2D eigenvalue weighted by Gasteiger charge is 2.25. The lowest BCUT2D eigenvalue weighted by Gasteiger charge is -2.16. The Morgan fingerprint density at radius 3 is 2.73 bits per heavy atom. The second kappa shape index (κ2) is 4.15. The first-order valence-corrected chi connectivity index (χ1v) is 5.54. The van der Waals surface area contributed by atoms with Crippen LogP contribution < -0.4 is 5.73 Å². The van der Waals surface area contributed by atoms with Crippen molar-refractivity contribution in [3.8, 4) is 0 Å². The van der Waals surface area contributed by atoms with E-state index in [0.717, 1.165) is 12.8 Å². The maximum absolute atomic E-state index is 11.3. The Hall–Kier alpha value is -1.15. The summed E-state index contributed by atoms with van der Waals surface area (Å²) in [7, 11) is 0. The number of rotatable bonds is 2. The van der Waals surface area contributed by atoms with Crippen LogP contribution in [0.15, 0.2) is 24.3 Å². The van der Waals surface area contributed by atoms with Crippen LogP contribution in [0.3, 0.4) is 0 Å². The number of hydrogen-bond acceptors (Lipinski definition) is 2. The van der Waals surface area contributed by atoms with Crippen molar-refractivity contribution >= 4 is 5.78 Å². The van der Waals surface area contributed by atoms with E-state index < -0.39 is 0 Å². The summed E-state index contributed by atoms with van der Waals surface area (Å²) in [5.41, 5.74) is 8.40. The van der Waals surface area contributed by atoms with Crippen LogP contribution in [0.25, 0.3) is 0 Å². The van der Waals surface area contributed by atoms with E-state index in [9.17, 15) is 4.79 Å². The van der Waals surface area contributed by atoms with Gasteiger partial charge in [0.25, 0.3) is 0 Å². The molecular formula is C13H17NO. The van der Waals surface area contributed by atoms with E-state index >= 15 is 0 Å². The van der Waals surface area contributed by atoms with Gasteiger partial charge in [-0.05, 0) is 30.4 Å². The molecule has 1 aliphatic carbocycles. The Bertz CT molecular complexity index is 371. The van der Waals surface area contributed by atoms with E-state index in [1.807, 2.05) is 19.1 Å². The SMILES string of the molecule is CC(N)c1ccccc1C1CCC(=O)C1. The lowest BCUT2D eigenvalue weighted by atomic mass is 9.90. The van der Waals surface area contributed by atoms with Crippen molar-refractivity contribution in [2.45, 2.75) is 38.1 Å². The predicted molar refractivity (Wildman–Crippen MR) is 60.6 cm³/mol. The second-order valence-electron chi connectivity index (χ2n) is 4.40. The van der Waals surface area contributed by atoms with Gasteiger partial charge in [-0.3, -0.25) is 4.79 Å². The normalized spacial score (nSPS) is 23.1. The summed E-state index contributed by atoms with van der Waals surface area (Å²) in [5, 5.41) is 0. The standard InChI is InChI=1S/C13H17NO/c1-9(14)12-4-2-3-5-13(12)10-6-7-11(15)8-10/h2-5,9-10H,6-8,14H2,1H3. The fraction of sp³-hybridized carbons (Fsp3) is 0.462. The van der Waals surface area contributed by atoms with Gasteiger partial charge in [0.15, 0.2) is 0 Å². The highest BCUT2D eigenvalue weighted by molar-refractivity contribution is 5.81. The first-order chi connectivity index (χ1) is 7.18. The molecule has 0 aromatic heterocycles. The number of nitrogens with two attached hydrogens (primary N) is 1. The van der Waals surface area contributed by atoms with Gasteiger partial charge in [-0.1, -0.05) is 24.3 Å². The number of carbonyl (C=O) groups is 1. The molecule has 0 aliphatic heterocycles. The molecule has 15 heavy (non-hydrogen) atoms. The molecule has 0 amide bonds. The molecule has 2 atom stereocenters. The quantitative estimate of drug-likeness (QED) is 0.802. The van der Waals surface area contributed by atoms with Crippen molar-refractivity contribution in [2.75, 3.05) is 0 Å². The summed E-state index contributed by atoms with van der Waals surface area (Å²) in [5.74, 6) is 0.791. The van der Waals surface area contributed by atoms with Gasteiger partial charge in [-0.15, -0.1) is 0 Å². The predicted octanol–water partition coefficient (Wildman–Crippen LogP) is 2.54. The summed E-state index contributed by atoms with van der Waals surface area (Å²) >= 11 is 0. The van der Waals surface area contributed by atoms with Crippen LogP contribution in [-0.4, -0.2) is 5.78 Å². The topological polar surface area (TPSA) is 43.1 Å². The minimum Gasteiger partial charge on any atom is -0.324 e. The average Bonchev–Trinajstić information content (AvgIpc) is 2.65. The Labute approximate surface area is 90.5 Å². The van der Waals surface area contributed by atoms with Crippen molar-refractivity contribution in [3.05, 3.63) is 35.4 Å². The van der Waals surface area contributed by atoms with Crippen molar-refractivity contribution in [2.24, 2.45) is 5.73 Å². The molecule has 0 bridgehead atoms. The molecule has 0 heterocycles. The van der Waals surface area contributed by atoms with Crippen LogP contribution in [0.5, 0.6) is 0 Å². The second-order valence-corrected chi connectivity index (χ2v) is 4.40. The molecular weight excluding hydrogens is 186 g/mol. The number of ketones is 1. The van der Waals surface area contributed by atoms with E-state index in [1.54, 1.807) is 0 Å². The van der Waals surface area contributed by atoms with E-state index in [1.165, 1.54) is 11.1 Å². The molecule has 1 saturated carbocycles. The molecule has 0 radical (unpaired) electrons. The van der Waals surface area contributed by atoms with Gasteiger partial charge in [-0.25, -0.2) is 0 Å². The summed E-state index contributed by atoms with van der Waals surface area (Å²) in [4.78, 5) is 11.3. The zero-order valence-electron chi connectivity index (χ0n) is 9.07. The van der Waals surface area contributed by atoms with Gasteiger partial charge < -0.3 is 5.73 Å². The van der Waals surface area contributed by atoms with Crippen molar-refractivity contribution in [3.63, 3.8) is 0 Å². The van der Waals surface area contributed by atoms with Crippen molar-refractivity contribution in [1.29, 1.82) is 0 Å². The van der Waals surface area contributed by atoms with Gasteiger partial charge in [0, 0.05) is 18.9 Å². The number of Topliss-reactive ketones (excluding diaryl/α,β-unsaturated/α-hetero) is 1. The number of hydrogen-bond donors (Lipinski definition) is 1. The molecule has 0 saturated heterocycles. The van der Waals surface area contributed by atoms with Crippen LogP contribution in [0.4, 0.5) is 0 Å². The van der Waals surface area contributed by atoms with E-state index in [0.29, 0.717) is 18.1 Å². The molecule has 2 rings (SSSR count). The van der Waals surface area contributed by atoms with Gasteiger partial charge in [-0.2, -0.15) is 0 Å². The zero-order chi connectivity index (χ0) is 10.8. The summed E-state index contributed by atoms with van der Waals surface area (Å²) in [6, 6.07) is 8.28. The maximum Gasteiger partial charge on any atom is 0.133 e. The Kier molecular flexibility index (Phi) is 2.87. The number of benzene rings is 1. The minimum atomic E-state index is 0.0527. The summed E-state index contributed by atoms with van der Waals surface area (Å²) < 4.78 is 0. The first-order valence-electron chi connectivity index (χ1n) is 5.54. The zero-order valence-corrected chi connectivity index (χ0v) is 9.07.